The van der Waals surface area contributed by atoms with Crippen LogP contribution in [0, 0.1) is 0 Å². The van der Waals surface area contributed by atoms with Crippen molar-refractivity contribution in [2.75, 3.05) is 13.2 Å². The molecule has 0 aromatic carbocycles. The van der Waals surface area contributed by atoms with Crippen molar-refractivity contribution in [3.8, 4) is 0 Å². The van der Waals surface area contributed by atoms with Gasteiger partial charge in [0.1, 0.15) is 13.2 Å². The second-order valence-corrected chi connectivity index (χ2v) is 17.7. The SMILES string of the molecule is CC/C=C\C/C=C\C/C=C\C/C=C\C/C=C\C/C=C\CCC(=O)OCC(COC(=O)CC/C=C\C/C=C\C/C=C\C/C=C\CC)OC(=O)CCCCCCCCCCC/C=C\CCCCCCCC. The van der Waals surface area contributed by atoms with E-state index >= 15 is 0 Å². The van der Waals surface area contributed by atoms with Crippen molar-refractivity contribution in [2.45, 2.75) is 232 Å². The van der Waals surface area contributed by atoms with Crippen LogP contribution in [0.25, 0.3) is 0 Å². The second-order valence-electron chi connectivity index (χ2n) is 17.7. The van der Waals surface area contributed by atoms with E-state index in [4.69, 9.17) is 14.2 Å². The highest BCUT2D eigenvalue weighted by Crippen LogP contribution is 2.14. The van der Waals surface area contributed by atoms with Gasteiger partial charge in [-0.25, -0.2) is 0 Å². The van der Waals surface area contributed by atoms with E-state index in [1.165, 1.54) is 89.9 Å². The lowest BCUT2D eigenvalue weighted by atomic mass is 10.1. The zero-order valence-corrected chi connectivity index (χ0v) is 44.3. The molecule has 0 spiro atoms. The van der Waals surface area contributed by atoms with Crippen LogP contribution in [0.3, 0.4) is 0 Å². The van der Waals surface area contributed by atoms with Gasteiger partial charge in [0.2, 0.25) is 0 Å². The van der Waals surface area contributed by atoms with Crippen LogP contribution in [0.4, 0.5) is 0 Å². The fraction of sp³-hybridized carbons (Fsp3) is 0.603. The molecule has 6 nitrogen and oxygen atoms in total. The summed E-state index contributed by atoms with van der Waals surface area (Å²) in [6.07, 6.45) is 79.0. The summed E-state index contributed by atoms with van der Waals surface area (Å²) in [6, 6.07) is 0. The predicted octanol–water partition coefficient (Wildman–Crippen LogP) is 18.6. The molecule has 6 heteroatoms. The quantitative estimate of drug-likeness (QED) is 0.0262. The molecule has 0 radical (unpaired) electrons. The minimum atomic E-state index is -0.843. The number of allylic oxidation sites excluding steroid dienone is 22. The summed E-state index contributed by atoms with van der Waals surface area (Å²) in [4.78, 5) is 38.0. The molecule has 0 saturated heterocycles. The standard InChI is InChI=1S/C63H100O6/c1-4-7-10-13-16-19-22-25-27-29-31-33-35-38-41-44-47-50-53-56-62(65)68-59-60(58-67-61(64)55-52-49-46-43-40-37-24-21-18-15-12-9-6-3)69-63(66)57-54-51-48-45-42-39-36-34-32-30-28-26-23-20-17-14-11-8-5-2/h7,9-10,12,16,18-19,21,25-28,31,33,37-38,40-41,46-47,49-50,60H,4-6,8,11,13-15,17,20,22-24,29-30,32,34-36,39,42-45,48,51-59H2,1-3H3/b10-7-,12-9-,19-16-,21-18-,27-25-,28-26-,33-31-,40-37-,41-38-,49-46-,50-47-. The minimum absolute atomic E-state index is 0.144. The molecule has 0 aliphatic rings. The lowest BCUT2D eigenvalue weighted by Crippen LogP contribution is -2.30. The first-order valence-corrected chi connectivity index (χ1v) is 27.7. The smallest absolute Gasteiger partial charge is 0.306 e. The van der Waals surface area contributed by atoms with Gasteiger partial charge in [-0.1, -0.05) is 231 Å². The Kier molecular flexibility index (Phi) is 52.5. The Balaban J connectivity index is 4.56. The number of carbonyl (C=O) groups is 3. The van der Waals surface area contributed by atoms with Gasteiger partial charge in [-0.05, 0) is 109 Å². The summed E-state index contributed by atoms with van der Waals surface area (Å²) in [5.41, 5.74) is 0. The van der Waals surface area contributed by atoms with E-state index in [-0.39, 0.29) is 44.0 Å². The van der Waals surface area contributed by atoms with Crippen LogP contribution in [-0.4, -0.2) is 37.2 Å². The molecule has 0 aliphatic heterocycles. The molecule has 0 rings (SSSR count). The number of ether oxygens (including phenoxy) is 3. The van der Waals surface area contributed by atoms with Crippen molar-refractivity contribution in [1.29, 1.82) is 0 Å². The first kappa shape index (κ1) is 64.5. The highest BCUT2D eigenvalue weighted by molar-refractivity contribution is 5.71. The summed E-state index contributed by atoms with van der Waals surface area (Å²) in [5.74, 6) is -1.11. The normalized spacial score (nSPS) is 13.1. The number of unbranched alkanes of at least 4 members (excludes halogenated alkanes) is 15. The van der Waals surface area contributed by atoms with Gasteiger partial charge in [-0.2, -0.15) is 0 Å². The van der Waals surface area contributed by atoms with E-state index in [0.29, 0.717) is 19.3 Å². The predicted molar refractivity (Wildman–Crippen MR) is 297 cm³/mol. The average molecular weight is 953 g/mol. The third-order valence-corrected chi connectivity index (χ3v) is 11.1. The number of hydrogen-bond acceptors (Lipinski definition) is 6. The van der Waals surface area contributed by atoms with Crippen molar-refractivity contribution < 1.29 is 28.6 Å². The zero-order valence-electron chi connectivity index (χ0n) is 44.3. The van der Waals surface area contributed by atoms with Crippen LogP contribution in [0.1, 0.15) is 226 Å². The van der Waals surface area contributed by atoms with Crippen molar-refractivity contribution in [3.05, 3.63) is 134 Å². The molecule has 0 aromatic rings. The molecule has 1 unspecified atom stereocenters. The lowest BCUT2D eigenvalue weighted by molar-refractivity contribution is -0.166. The van der Waals surface area contributed by atoms with Gasteiger partial charge >= 0.3 is 17.9 Å². The molecule has 0 aromatic heterocycles. The maximum atomic E-state index is 12.8. The molecule has 0 bridgehead atoms. The molecule has 0 N–H and O–H groups in total. The number of carbonyl (C=O) groups excluding carboxylic acids is 3. The van der Waals surface area contributed by atoms with Gasteiger partial charge < -0.3 is 14.2 Å². The molecule has 69 heavy (non-hydrogen) atoms. The van der Waals surface area contributed by atoms with Gasteiger partial charge in [0, 0.05) is 19.3 Å². The van der Waals surface area contributed by atoms with E-state index in [9.17, 15) is 14.4 Å². The van der Waals surface area contributed by atoms with E-state index in [1.54, 1.807) is 0 Å². The lowest BCUT2D eigenvalue weighted by Gasteiger charge is -2.18. The van der Waals surface area contributed by atoms with Crippen molar-refractivity contribution in [2.24, 2.45) is 0 Å². The van der Waals surface area contributed by atoms with Gasteiger partial charge in [-0.3, -0.25) is 14.4 Å². The van der Waals surface area contributed by atoms with Crippen LogP contribution >= 0.6 is 0 Å². The van der Waals surface area contributed by atoms with E-state index in [2.05, 4.69) is 130 Å². The minimum Gasteiger partial charge on any atom is -0.462 e. The Hall–Kier alpha value is -4.45. The zero-order chi connectivity index (χ0) is 50.0. The summed E-state index contributed by atoms with van der Waals surface area (Å²) < 4.78 is 16.7. The molecule has 0 amide bonds. The molecular weight excluding hydrogens is 853 g/mol. The molecule has 0 fully saturated rings. The van der Waals surface area contributed by atoms with Crippen molar-refractivity contribution in [1.82, 2.24) is 0 Å². The Morgan fingerprint density at radius 3 is 0.942 bits per heavy atom. The Morgan fingerprint density at radius 2 is 0.594 bits per heavy atom. The number of esters is 3. The van der Waals surface area contributed by atoms with E-state index in [0.717, 1.165) is 83.5 Å². The molecule has 388 valence electrons. The Bertz CT molecular complexity index is 1510. The van der Waals surface area contributed by atoms with Crippen molar-refractivity contribution in [3.63, 3.8) is 0 Å². The van der Waals surface area contributed by atoms with E-state index < -0.39 is 6.10 Å². The molecule has 0 saturated carbocycles. The fourth-order valence-electron chi connectivity index (χ4n) is 7.06. The highest BCUT2D eigenvalue weighted by atomic mass is 16.6. The number of hydrogen-bond donors (Lipinski definition) is 0. The second kappa shape index (κ2) is 56.1. The van der Waals surface area contributed by atoms with Crippen molar-refractivity contribution >= 4 is 17.9 Å². The van der Waals surface area contributed by atoms with Crippen LogP contribution < -0.4 is 0 Å². The Labute approximate surface area is 424 Å². The summed E-state index contributed by atoms with van der Waals surface area (Å²) in [5, 5.41) is 0. The molecule has 0 aliphatic carbocycles. The van der Waals surface area contributed by atoms with Crippen LogP contribution in [0.2, 0.25) is 0 Å². The van der Waals surface area contributed by atoms with Gasteiger partial charge in [0.25, 0.3) is 0 Å². The van der Waals surface area contributed by atoms with Crippen LogP contribution in [-0.2, 0) is 28.6 Å². The third kappa shape index (κ3) is 54.4. The monoisotopic (exact) mass is 953 g/mol. The third-order valence-electron chi connectivity index (χ3n) is 11.1. The summed E-state index contributed by atoms with van der Waals surface area (Å²) >= 11 is 0. The summed E-state index contributed by atoms with van der Waals surface area (Å²) in [7, 11) is 0. The first-order chi connectivity index (χ1) is 34.0. The molecular formula is C63H100O6. The van der Waals surface area contributed by atoms with Gasteiger partial charge in [-0.15, -0.1) is 0 Å². The fourth-order valence-corrected chi connectivity index (χ4v) is 7.06. The first-order valence-electron chi connectivity index (χ1n) is 27.7. The topological polar surface area (TPSA) is 78.9 Å². The molecule has 0 heterocycles. The van der Waals surface area contributed by atoms with Gasteiger partial charge in [0.15, 0.2) is 6.10 Å². The number of rotatable bonds is 48. The molecule has 1 atom stereocenters. The van der Waals surface area contributed by atoms with Gasteiger partial charge in [0.05, 0.1) is 0 Å². The van der Waals surface area contributed by atoms with E-state index in [1.807, 2.05) is 24.3 Å². The maximum Gasteiger partial charge on any atom is 0.306 e. The Morgan fingerprint density at radius 1 is 0.304 bits per heavy atom. The van der Waals surface area contributed by atoms with Crippen LogP contribution in [0.15, 0.2) is 134 Å². The largest absolute Gasteiger partial charge is 0.462 e. The maximum absolute atomic E-state index is 12.8. The average Bonchev–Trinajstić information content (AvgIpc) is 3.35. The van der Waals surface area contributed by atoms with Crippen LogP contribution in [0.5, 0.6) is 0 Å². The summed E-state index contributed by atoms with van der Waals surface area (Å²) in [6.45, 7) is 6.26. The highest BCUT2D eigenvalue weighted by Gasteiger charge is 2.19.